The Morgan fingerprint density at radius 2 is 1.86 bits per heavy atom. The summed E-state index contributed by atoms with van der Waals surface area (Å²) in [7, 11) is 1.74. The third-order valence-electron chi connectivity index (χ3n) is 3.84. The SMILES string of the molecule is COc1c(CCCC(=O)C(C)C)cc(C)cc1C(C)(C)C. The molecule has 1 aromatic carbocycles. The molecule has 1 rings (SSSR count). The molecule has 0 heterocycles. The Morgan fingerprint density at radius 1 is 1.24 bits per heavy atom. The maximum absolute atomic E-state index is 11.7. The number of benzene rings is 1. The van der Waals surface area contributed by atoms with Crippen molar-refractivity contribution in [2.24, 2.45) is 5.92 Å². The van der Waals surface area contributed by atoms with Crippen LogP contribution in [0, 0.1) is 12.8 Å². The largest absolute Gasteiger partial charge is 0.496 e. The van der Waals surface area contributed by atoms with E-state index in [0.29, 0.717) is 12.2 Å². The van der Waals surface area contributed by atoms with Crippen LogP contribution < -0.4 is 4.74 Å². The highest BCUT2D eigenvalue weighted by molar-refractivity contribution is 5.80. The molecule has 0 unspecified atom stereocenters. The second kappa shape index (κ2) is 7.11. The minimum absolute atomic E-state index is 0.0554. The van der Waals surface area contributed by atoms with Gasteiger partial charge in [-0.05, 0) is 30.7 Å². The summed E-state index contributed by atoms with van der Waals surface area (Å²) in [5, 5.41) is 0. The molecule has 21 heavy (non-hydrogen) atoms. The zero-order chi connectivity index (χ0) is 16.2. The number of ether oxygens (including phenoxy) is 1. The van der Waals surface area contributed by atoms with Crippen molar-refractivity contribution < 1.29 is 9.53 Å². The van der Waals surface area contributed by atoms with Crippen LogP contribution in [0.1, 0.15) is 64.2 Å². The van der Waals surface area contributed by atoms with Gasteiger partial charge >= 0.3 is 0 Å². The summed E-state index contributed by atoms with van der Waals surface area (Å²) in [6.07, 6.45) is 2.44. The number of rotatable bonds is 6. The van der Waals surface area contributed by atoms with Crippen LogP contribution >= 0.6 is 0 Å². The Kier molecular flexibility index (Phi) is 6.00. The standard InChI is InChI=1S/C19H30O2/c1-13(2)17(20)10-8-9-15-11-14(3)12-16(18(15)21-7)19(4,5)6/h11-13H,8-10H2,1-7H3. The minimum atomic E-state index is 0.0554. The fraction of sp³-hybridized carbons (Fsp3) is 0.632. The van der Waals surface area contributed by atoms with Crippen molar-refractivity contribution in [1.82, 2.24) is 0 Å². The lowest BCUT2D eigenvalue weighted by Gasteiger charge is -2.25. The van der Waals surface area contributed by atoms with E-state index < -0.39 is 0 Å². The van der Waals surface area contributed by atoms with E-state index >= 15 is 0 Å². The van der Waals surface area contributed by atoms with E-state index in [1.807, 2.05) is 13.8 Å². The number of carbonyl (C=O) groups excluding carboxylic acids is 1. The van der Waals surface area contributed by atoms with Crippen LogP contribution in [0.2, 0.25) is 0 Å². The molecule has 1 aromatic rings. The number of hydrogen-bond donors (Lipinski definition) is 0. The molecule has 118 valence electrons. The number of aryl methyl sites for hydroxylation is 2. The Morgan fingerprint density at radius 3 is 2.33 bits per heavy atom. The monoisotopic (exact) mass is 290 g/mol. The van der Waals surface area contributed by atoms with E-state index in [2.05, 4.69) is 39.8 Å². The molecular formula is C19H30O2. The Bertz CT molecular complexity index is 493. The quantitative estimate of drug-likeness (QED) is 0.748. The van der Waals surface area contributed by atoms with Gasteiger partial charge < -0.3 is 4.74 Å². The summed E-state index contributed by atoms with van der Waals surface area (Å²) in [4.78, 5) is 11.7. The number of carbonyl (C=O) groups is 1. The molecule has 0 aliphatic carbocycles. The van der Waals surface area contributed by atoms with Gasteiger partial charge in [0, 0.05) is 17.9 Å². The van der Waals surface area contributed by atoms with Crippen molar-refractivity contribution in [2.75, 3.05) is 7.11 Å². The van der Waals surface area contributed by atoms with Gasteiger partial charge in [-0.1, -0.05) is 52.3 Å². The zero-order valence-electron chi connectivity index (χ0n) is 14.7. The first-order valence-corrected chi connectivity index (χ1v) is 7.87. The van der Waals surface area contributed by atoms with Crippen LogP contribution in [-0.4, -0.2) is 12.9 Å². The van der Waals surface area contributed by atoms with Crippen molar-refractivity contribution in [3.63, 3.8) is 0 Å². The molecule has 2 heteroatoms. The summed E-state index contributed by atoms with van der Waals surface area (Å²) < 4.78 is 5.68. The molecule has 0 saturated heterocycles. The highest BCUT2D eigenvalue weighted by atomic mass is 16.5. The fourth-order valence-electron chi connectivity index (χ4n) is 2.57. The summed E-state index contributed by atoms with van der Waals surface area (Å²) >= 11 is 0. The second-order valence-electron chi connectivity index (χ2n) is 7.23. The molecule has 0 radical (unpaired) electrons. The maximum Gasteiger partial charge on any atom is 0.135 e. The molecular weight excluding hydrogens is 260 g/mol. The van der Waals surface area contributed by atoms with Gasteiger partial charge in [0.05, 0.1) is 7.11 Å². The predicted octanol–water partition coefficient (Wildman–Crippen LogP) is 4.85. The summed E-state index contributed by atoms with van der Waals surface area (Å²) in [6.45, 7) is 12.7. The van der Waals surface area contributed by atoms with Crippen LogP contribution in [0.15, 0.2) is 12.1 Å². The smallest absolute Gasteiger partial charge is 0.135 e. The summed E-state index contributed by atoms with van der Waals surface area (Å²) in [6, 6.07) is 4.40. The molecule has 0 N–H and O–H groups in total. The molecule has 0 spiro atoms. The van der Waals surface area contributed by atoms with E-state index in [1.54, 1.807) is 7.11 Å². The maximum atomic E-state index is 11.7. The Labute approximate surface area is 129 Å². The molecule has 0 atom stereocenters. The topological polar surface area (TPSA) is 26.3 Å². The van der Waals surface area contributed by atoms with Crippen LogP contribution in [0.3, 0.4) is 0 Å². The van der Waals surface area contributed by atoms with Crippen molar-refractivity contribution >= 4 is 5.78 Å². The van der Waals surface area contributed by atoms with Crippen molar-refractivity contribution in [3.05, 3.63) is 28.8 Å². The summed E-state index contributed by atoms with van der Waals surface area (Å²) in [5.41, 5.74) is 3.78. The van der Waals surface area contributed by atoms with E-state index in [4.69, 9.17) is 4.74 Å². The van der Waals surface area contributed by atoms with Gasteiger partial charge in [-0.25, -0.2) is 0 Å². The van der Waals surface area contributed by atoms with Crippen LogP contribution in [0.5, 0.6) is 5.75 Å². The molecule has 0 aliphatic rings. The average Bonchev–Trinajstić information content (AvgIpc) is 2.36. The van der Waals surface area contributed by atoms with Gasteiger partial charge in [-0.3, -0.25) is 4.79 Å². The van der Waals surface area contributed by atoms with Crippen LogP contribution in [0.4, 0.5) is 0 Å². The first-order chi connectivity index (χ1) is 9.66. The molecule has 2 nitrogen and oxygen atoms in total. The van der Waals surface area contributed by atoms with Crippen LogP contribution in [-0.2, 0) is 16.6 Å². The molecule has 0 bridgehead atoms. The Balaban J connectivity index is 2.97. The number of ketones is 1. The molecule has 0 fully saturated rings. The predicted molar refractivity (Wildman–Crippen MR) is 89.2 cm³/mol. The lowest BCUT2D eigenvalue weighted by molar-refractivity contribution is -0.121. The number of Topliss-reactive ketones (excluding diaryl/α,β-unsaturated/α-hetero) is 1. The van der Waals surface area contributed by atoms with Gasteiger partial charge in [-0.2, -0.15) is 0 Å². The molecule has 0 aliphatic heterocycles. The van der Waals surface area contributed by atoms with Gasteiger partial charge in [0.25, 0.3) is 0 Å². The number of methoxy groups -OCH3 is 1. The lowest BCUT2D eigenvalue weighted by atomic mass is 9.83. The lowest BCUT2D eigenvalue weighted by Crippen LogP contribution is -2.14. The van der Waals surface area contributed by atoms with Gasteiger partial charge in [-0.15, -0.1) is 0 Å². The normalized spacial score (nSPS) is 11.8. The third-order valence-corrected chi connectivity index (χ3v) is 3.84. The van der Waals surface area contributed by atoms with E-state index in [9.17, 15) is 4.79 Å². The van der Waals surface area contributed by atoms with Gasteiger partial charge in [0.15, 0.2) is 0 Å². The van der Waals surface area contributed by atoms with Crippen molar-refractivity contribution in [2.45, 2.75) is 66.2 Å². The van der Waals surface area contributed by atoms with E-state index in [1.165, 1.54) is 16.7 Å². The zero-order valence-corrected chi connectivity index (χ0v) is 14.7. The fourth-order valence-corrected chi connectivity index (χ4v) is 2.57. The Hall–Kier alpha value is -1.31. The first-order valence-electron chi connectivity index (χ1n) is 7.87. The van der Waals surface area contributed by atoms with Crippen LogP contribution in [0.25, 0.3) is 0 Å². The number of hydrogen-bond acceptors (Lipinski definition) is 2. The van der Waals surface area contributed by atoms with E-state index in [-0.39, 0.29) is 11.3 Å². The summed E-state index contributed by atoms with van der Waals surface area (Å²) in [5.74, 6) is 1.47. The average molecular weight is 290 g/mol. The second-order valence-corrected chi connectivity index (χ2v) is 7.23. The minimum Gasteiger partial charge on any atom is -0.496 e. The van der Waals surface area contributed by atoms with Gasteiger partial charge in [0.1, 0.15) is 11.5 Å². The van der Waals surface area contributed by atoms with Crippen molar-refractivity contribution in [1.29, 1.82) is 0 Å². The molecule has 0 amide bonds. The highest BCUT2D eigenvalue weighted by Crippen LogP contribution is 2.35. The van der Waals surface area contributed by atoms with E-state index in [0.717, 1.165) is 18.6 Å². The van der Waals surface area contributed by atoms with Gasteiger partial charge in [0.2, 0.25) is 0 Å². The first kappa shape index (κ1) is 17.7. The highest BCUT2D eigenvalue weighted by Gasteiger charge is 2.21. The molecule has 0 saturated carbocycles. The molecule has 0 aromatic heterocycles. The third kappa shape index (κ3) is 4.87. The van der Waals surface area contributed by atoms with Crippen molar-refractivity contribution in [3.8, 4) is 5.75 Å².